The van der Waals surface area contributed by atoms with Crippen molar-refractivity contribution in [2.45, 2.75) is 83.2 Å². The van der Waals surface area contributed by atoms with E-state index in [1.165, 1.54) is 28.4 Å². The topological polar surface area (TPSA) is 195 Å². The predicted octanol–water partition coefficient (Wildman–Crippen LogP) is 6.82. The Bertz CT molecular complexity index is 3170. The molecule has 2 aliphatic carbocycles. The molecule has 2 saturated carbocycles. The highest BCUT2D eigenvalue weighted by Gasteiger charge is 2.30. The van der Waals surface area contributed by atoms with E-state index in [4.69, 9.17) is 23.0 Å². The number of nitrogens with zero attached hydrogens (tertiary/aromatic N) is 12. The molecule has 0 aliphatic heterocycles. The minimum atomic E-state index is -0.493. The van der Waals surface area contributed by atoms with Crippen LogP contribution in [0.5, 0.6) is 11.5 Å². The Balaban J connectivity index is 0.000000170. The van der Waals surface area contributed by atoms with Crippen LogP contribution in [0.25, 0.3) is 45.1 Å². The fourth-order valence-electron chi connectivity index (χ4n) is 9.73. The summed E-state index contributed by atoms with van der Waals surface area (Å²) in [7, 11) is 10.0. The molecule has 0 amide bonds. The van der Waals surface area contributed by atoms with Crippen molar-refractivity contribution in [1.82, 2.24) is 58.2 Å². The highest BCUT2D eigenvalue weighted by Crippen LogP contribution is 2.39. The van der Waals surface area contributed by atoms with Gasteiger partial charge in [0.1, 0.15) is 12.3 Å². The highest BCUT2D eigenvalue weighted by atomic mass is 19.1. The number of hydrogen-bond donors (Lipinski definition) is 0. The fourth-order valence-corrected chi connectivity index (χ4v) is 9.73. The molecule has 8 aromatic rings. The summed E-state index contributed by atoms with van der Waals surface area (Å²) in [6.45, 7) is 3.66. The van der Waals surface area contributed by atoms with Crippen LogP contribution in [0.15, 0.2) is 61.1 Å². The van der Waals surface area contributed by atoms with Gasteiger partial charge in [-0.2, -0.15) is 10.2 Å². The van der Waals surface area contributed by atoms with Crippen LogP contribution >= 0.6 is 0 Å². The number of aromatic nitrogens is 12. The van der Waals surface area contributed by atoms with E-state index in [0.717, 1.165) is 68.3 Å². The van der Waals surface area contributed by atoms with Gasteiger partial charge in [0, 0.05) is 90.7 Å². The van der Waals surface area contributed by atoms with Gasteiger partial charge in [-0.1, -0.05) is 0 Å². The molecule has 360 valence electrons. The average molecular weight is 939 g/mol. The molecule has 6 aromatic heterocycles. The van der Waals surface area contributed by atoms with Crippen LogP contribution in [0.3, 0.4) is 0 Å². The smallest absolute Gasteiger partial charge is 0.328 e. The summed E-state index contributed by atoms with van der Waals surface area (Å²) in [5, 5.41) is 25.5. The van der Waals surface area contributed by atoms with Crippen LogP contribution in [0.4, 0.5) is 8.78 Å². The molecule has 0 N–H and O–H groups in total. The fraction of sp³-hybridized carbons (Fsp3) is 0.489. The van der Waals surface area contributed by atoms with Gasteiger partial charge in [0.05, 0.1) is 53.2 Å². The molecular weight excluding hydrogens is 883 g/mol. The number of imidazole rings is 2. The molecule has 2 aliphatic rings. The number of ether oxygens (including phenoxy) is 3. The maximum atomic E-state index is 14.5. The lowest BCUT2D eigenvalue weighted by Gasteiger charge is -2.26. The molecule has 0 bridgehead atoms. The van der Waals surface area contributed by atoms with Gasteiger partial charge < -0.3 is 23.0 Å². The predicted molar refractivity (Wildman–Crippen MR) is 245 cm³/mol. The molecule has 21 heteroatoms. The van der Waals surface area contributed by atoms with Crippen LogP contribution in [-0.2, 0) is 46.0 Å². The molecular formula is C47H56F2N12O7. The maximum absolute atomic E-state index is 14.5. The van der Waals surface area contributed by atoms with Gasteiger partial charge in [-0.3, -0.25) is 27.6 Å². The van der Waals surface area contributed by atoms with E-state index in [-0.39, 0.29) is 41.3 Å². The maximum Gasteiger partial charge on any atom is 0.328 e. The zero-order chi connectivity index (χ0) is 47.8. The second kappa shape index (κ2) is 19.4. The van der Waals surface area contributed by atoms with E-state index in [2.05, 4.69) is 30.6 Å². The largest absolute Gasteiger partial charge is 0.494 e. The van der Waals surface area contributed by atoms with Gasteiger partial charge in [-0.05, 0) is 76.2 Å². The molecule has 0 spiro atoms. The summed E-state index contributed by atoms with van der Waals surface area (Å²) in [6.07, 6.45) is 10.9. The minimum absolute atomic E-state index is 0.124. The molecule has 0 unspecified atom stereocenters. The van der Waals surface area contributed by atoms with Crippen molar-refractivity contribution in [3.63, 3.8) is 0 Å². The van der Waals surface area contributed by atoms with Crippen LogP contribution < -0.4 is 20.9 Å². The number of halogens is 2. The minimum Gasteiger partial charge on any atom is -0.494 e. The van der Waals surface area contributed by atoms with Gasteiger partial charge in [-0.15, -0.1) is 20.4 Å². The van der Waals surface area contributed by atoms with E-state index >= 15 is 0 Å². The molecule has 68 heavy (non-hydrogen) atoms. The summed E-state index contributed by atoms with van der Waals surface area (Å²) in [5.41, 5.74) is 4.68. The Morgan fingerprint density at radius 3 is 1.69 bits per heavy atom. The summed E-state index contributed by atoms with van der Waals surface area (Å²) in [5.74, 6) is 2.62. The molecule has 0 saturated heterocycles. The van der Waals surface area contributed by atoms with Crippen LogP contribution in [0.2, 0.25) is 0 Å². The molecule has 0 radical (unpaired) electrons. The summed E-state index contributed by atoms with van der Waals surface area (Å²) < 4.78 is 66.1. The van der Waals surface area contributed by atoms with Crippen molar-refractivity contribution < 1.29 is 31.8 Å². The normalized spacial score (nSPS) is 18.6. The average Bonchev–Trinajstić information content (AvgIpc) is 4.22. The number of fused-ring (bicyclic) bond motifs is 2. The van der Waals surface area contributed by atoms with Crippen LogP contribution in [0.1, 0.15) is 80.7 Å². The van der Waals surface area contributed by atoms with Crippen molar-refractivity contribution in [1.29, 1.82) is 0 Å². The van der Waals surface area contributed by atoms with E-state index < -0.39 is 11.6 Å². The van der Waals surface area contributed by atoms with Crippen molar-refractivity contribution in [3.8, 4) is 34.5 Å². The number of hydrogen-bond acceptors (Lipinski definition) is 13. The Morgan fingerprint density at radius 2 is 1.19 bits per heavy atom. The number of benzene rings is 2. The third-order valence-corrected chi connectivity index (χ3v) is 13.5. The summed E-state index contributed by atoms with van der Waals surface area (Å²) in [6, 6.07) is 7.88. The van der Waals surface area contributed by atoms with Crippen LogP contribution in [-0.4, -0.2) is 85.7 Å². The lowest BCUT2D eigenvalue weighted by atomic mass is 9.82. The van der Waals surface area contributed by atoms with Gasteiger partial charge >= 0.3 is 11.4 Å². The Kier molecular flexibility index (Phi) is 13.2. The first-order valence-electron chi connectivity index (χ1n) is 22.9. The highest BCUT2D eigenvalue weighted by molar-refractivity contribution is 5.79. The van der Waals surface area contributed by atoms with Crippen molar-refractivity contribution in [3.05, 3.63) is 92.8 Å². The van der Waals surface area contributed by atoms with E-state index in [0.29, 0.717) is 77.2 Å². The van der Waals surface area contributed by atoms with Gasteiger partial charge in [0.2, 0.25) is 11.8 Å². The first-order chi connectivity index (χ1) is 32.8. The second-order valence-electron chi connectivity index (χ2n) is 18.0. The summed E-state index contributed by atoms with van der Waals surface area (Å²) >= 11 is 0. The molecule has 6 heterocycles. The third-order valence-electron chi connectivity index (χ3n) is 13.5. The lowest BCUT2D eigenvalue weighted by molar-refractivity contribution is 0.144. The molecule has 2 aromatic carbocycles. The zero-order valence-corrected chi connectivity index (χ0v) is 39.3. The summed E-state index contributed by atoms with van der Waals surface area (Å²) in [4.78, 5) is 25.8. The standard InChI is InChI=1S/C24H29FN6O4.C23H27FN6O3/c1-29-14-17(12-26-29)23-28-27-22(35-23)16-6-4-15(5-7-16)13-31-20-11-21(34-9-8-33-3)18(25)10-19(20)30(2)24(31)32;1-13-9-19(29(3)27-13)22-26-25-21(33-22)15-7-5-14(6-8-15)12-30-18-11-20(32-4)16(24)10-17(18)28(2)23(30)31/h10-12,14-16H,4-9,13H2,1-3H3;9-11,14-15H,5-8,12H2,1-4H3. The van der Waals surface area contributed by atoms with E-state index in [9.17, 15) is 18.4 Å². The molecule has 10 rings (SSSR count). The monoisotopic (exact) mass is 938 g/mol. The quantitative estimate of drug-likeness (QED) is 0.109. The van der Waals surface area contributed by atoms with Gasteiger partial charge in [0.15, 0.2) is 23.1 Å². The van der Waals surface area contributed by atoms with E-state index in [1.54, 1.807) is 58.0 Å². The number of rotatable bonds is 13. The SMILES string of the molecule is COCCOc1cc2c(cc1F)n(C)c(=O)n2CC1CCC(c2nnc(-c3cnn(C)c3)o2)CC1.COc1cc2c(cc1F)n(C)c(=O)n2CC1CCC(c2nnc(-c3cc(C)nn3C)o2)CC1. The van der Waals surface area contributed by atoms with Gasteiger partial charge in [-0.25, -0.2) is 18.4 Å². The number of aryl methyl sites for hydroxylation is 5. The Morgan fingerprint density at radius 1 is 0.662 bits per heavy atom. The zero-order valence-electron chi connectivity index (χ0n) is 39.3. The number of methoxy groups -OCH3 is 2. The Hall–Kier alpha value is -6.90. The molecule has 0 atom stereocenters. The first kappa shape index (κ1) is 46.2. The van der Waals surface area contributed by atoms with E-state index in [1.807, 2.05) is 33.3 Å². The first-order valence-corrected chi connectivity index (χ1v) is 22.9. The molecule has 2 fully saturated rings. The van der Waals surface area contributed by atoms with Crippen LogP contribution in [0, 0.1) is 30.4 Å². The molecule has 19 nitrogen and oxygen atoms in total. The van der Waals surface area contributed by atoms with Crippen molar-refractivity contribution >= 4 is 22.1 Å². The van der Waals surface area contributed by atoms with Gasteiger partial charge in [0.25, 0.3) is 11.8 Å². The lowest BCUT2D eigenvalue weighted by Crippen LogP contribution is -2.27. The van der Waals surface area contributed by atoms with Crippen molar-refractivity contribution in [2.75, 3.05) is 27.4 Å². The second-order valence-corrected chi connectivity index (χ2v) is 18.0. The third kappa shape index (κ3) is 9.22. The van der Waals surface area contributed by atoms with Crippen molar-refractivity contribution in [2.24, 2.45) is 40.0 Å². The Labute approximate surface area is 389 Å².